The molecule has 0 radical (unpaired) electrons. The number of benzene rings is 2. The summed E-state index contributed by atoms with van der Waals surface area (Å²) in [5, 5.41) is 0. The Kier molecular flexibility index (Phi) is 10.5. The van der Waals surface area contributed by atoms with Crippen molar-refractivity contribution >= 4 is 11.5 Å². The highest BCUT2D eigenvalue weighted by molar-refractivity contribution is 5.69. The number of rotatable bonds is 9. The third-order valence-corrected chi connectivity index (χ3v) is 7.80. The second-order valence-electron chi connectivity index (χ2n) is 10.7. The van der Waals surface area contributed by atoms with Gasteiger partial charge in [0, 0.05) is 6.42 Å². The molecule has 3 nitrogen and oxygen atoms in total. The summed E-state index contributed by atoms with van der Waals surface area (Å²) in [5.74, 6) is 1.59. The molecule has 36 heavy (non-hydrogen) atoms. The van der Waals surface area contributed by atoms with Crippen LogP contribution in [-0.4, -0.2) is 19.7 Å². The Morgan fingerprint density at radius 1 is 0.806 bits per heavy atom. The molecule has 2 aromatic rings. The fourth-order valence-electron chi connectivity index (χ4n) is 5.37. The van der Waals surface area contributed by atoms with Gasteiger partial charge in [0.1, 0.15) is 12.4 Å². The van der Waals surface area contributed by atoms with Crippen LogP contribution in [0.2, 0.25) is 0 Å². The number of methoxy groups -OCH3 is 1. The zero-order valence-electron chi connectivity index (χ0n) is 22.2. The van der Waals surface area contributed by atoms with Crippen molar-refractivity contribution in [3.8, 4) is 5.75 Å². The zero-order chi connectivity index (χ0) is 25.0. The van der Waals surface area contributed by atoms with Crippen LogP contribution in [0.25, 0.3) is 5.57 Å². The van der Waals surface area contributed by atoms with Crippen molar-refractivity contribution in [3.63, 3.8) is 0 Å². The minimum atomic E-state index is -0.141. The summed E-state index contributed by atoms with van der Waals surface area (Å²) >= 11 is 0. The highest BCUT2D eigenvalue weighted by Gasteiger charge is 2.23. The van der Waals surface area contributed by atoms with Gasteiger partial charge < -0.3 is 9.47 Å². The number of carbonyl (C=O) groups excluding carboxylic acids is 1. The van der Waals surface area contributed by atoms with E-state index in [-0.39, 0.29) is 5.97 Å². The van der Waals surface area contributed by atoms with E-state index in [1.54, 1.807) is 0 Å². The van der Waals surface area contributed by atoms with Gasteiger partial charge >= 0.3 is 5.97 Å². The van der Waals surface area contributed by atoms with Gasteiger partial charge in [0.15, 0.2) is 0 Å². The summed E-state index contributed by atoms with van der Waals surface area (Å²) in [6, 6.07) is 17.9. The molecule has 0 saturated heterocycles. The lowest BCUT2D eigenvalue weighted by Gasteiger charge is -2.19. The number of esters is 1. The van der Waals surface area contributed by atoms with E-state index in [2.05, 4.69) is 48.5 Å². The van der Waals surface area contributed by atoms with Crippen LogP contribution in [0, 0.1) is 0 Å². The van der Waals surface area contributed by atoms with Crippen molar-refractivity contribution in [2.45, 2.75) is 102 Å². The molecule has 0 heterocycles. The normalized spacial score (nSPS) is 19.7. The molecule has 0 spiro atoms. The first-order valence-corrected chi connectivity index (χ1v) is 14.3. The summed E-state index contributed by atoms with van der Waals surface area (Å²) in [6.07, 6.45) is 17.8. The van der Waals surface area contributed by atoms with Crippen LogP contribution >= 0.6 is 0 Å². The van der Waals surface area contributed by atoms with Crippen molar-refractivity contribution in [1.29, 1.82) is 0 Å². The third-order valence-electron chi connectivity index (χ3n) is 7.80. The number of aryl methyl sites for hydroxylation is 1. The van der Waals surface area contributed by atoms with E-state index >= 15 is 0 Å². The zero-order valence-corrected chi connectivity index (χ0v) is 22.2. The monoisotopic (exact) mass is 488 g/mol. The molecule has 1 fully saturated rings. The number of hydrogen-bond donors (Lipinski definition) is 0. The van der Waals surface area contributed by atoms with Gasteiger partial charge in [0.2, 0.25) is 0 Å². The van der Waals surface area contributed by atoms with Crippen LogP contribution in [0.4, 0.5) is 0 Å². The predicted molar refractivity (Wildman–Crippen MR) is 148 cm³/mol. The maximum absolute atomic E-state index is 11.3. The molecule has 194 valence electrons. The molecule has 0 unspecified atom stereocenters. The highest BCUT2D eigenvalue weighted by atomic mass is 16.5. The Bertz CT molecular complexity index is 967. The maximum Gasteiger partial charge on any atom is 0.305 e. The first-order chi connectivity index (χ1) is 17.7. The van der Waals surface area contributed by atoms with E-state index in [0.29, 0.717) is 13.0 Å². The molecule has 0 N–H and O–H groups in total. The lowest BCUT2D eigenvalue weighted by Crippen LogP contribution is -2.06. The molecule has 0 atom stereocenters. The molecule has 1 saturated carbocycles. The van der Waals surface area contributed by atoms with Gasteiger partial charge in [-0.25, -0.2) is 0 Å². The summed E-state index contributed by atoms with van der Waals surface area (Å²) in [6.45, 7) is 0.668. The van der Waals surface area contributed by atoms with Gasteiger partial charge in [-0.3, -0.25) is 4.79 Å². The highest BCUT2D eigenvalue weighted by Crippen LogP contribution is 2.40. The fraction of sp³-hybridized carbons (Fsp3) is 0.545. The average molecular weight is 489 g/mol. The number of allylic oxidation sites excluding steroid dienone is 1. The van der Waals surface area contributed by atoms with E-state index in [0.717, 1.165) is 37.4 Å². The van der Waals surface area contributed by atoms with Crippen molar-refractivity contribution in [2.24, 2.45) is 0 Å². The molecule has 0 amide bonds. The standard InChI is InChI=1S/C33H44O3/c1-35-33(34)14-10-11-26-15-23-31(24-16-26)36-25-30-12-8-6-4-2-3-5-7-9-13-32(30)29-21-19-28(20-22-29)27-17-18-27/h15-16,19-24,27H,2-14,17-18,25H2,1H3/b32-30+. The van der Waals surface area contributed by atoms with Crippen molar-refractivity contribution in [1.82, 2.24) is 0 Å². The van der Waals surface area contributed by atoms with Gasteiger partial charge in [-0.1, -0.05) is 74.9 Å². The number of carbonyl (C=O) groups is 1. The molecule has 0 aliphatic heterocycles. The van der Waals surface area contributed by atoms with Gasteiger partial charge in [0.05, 0.1) is 7.11 Å². The predicted octanol–water partition coefficient (Wildman–Crippen LogP) is 8.81. The first-order valence-electron chi connectivity index (χ1n) is 14.3. The Morgan fingerprint density at radius 2 is 1.44 bits per heavy atom. The SMILES string of the molecule is COC(=O)CCCc1ccc(OC/C2=C(/c3ccc(C4CC4)cc3)CCCCCCCCCC2)cc1. The molecule has 2 aliphatic rings. The van der Waals surface area contributed by atoms with Gasteiger partial charge in [-0.05, 0) is 97.3 Å². The number of hydrogen-bond acceptors (Lipinski definition) is 3. The fourth-order valence-corrected chi connectivity index (χ4v) is 5.37. The van der Waals surface area contributed by atoms with Crippen LogP contribution < -0.4 is 4.74 Å². The molecule has 2 aromatic carbocycles. The second-order valence-corrected chi connectivity index (χ2v) is 10.7. The third kappa shape index (κ3) is 8.54. The van der Waals surface area contributed by atoms with Gasteiger partial charge in [-0.15, -0.1) is 0 Å². The van der Waals surface area contributed by atoms with Crippen LogP contribution in [-0.2, 0) is 16.0 Å². The Balaban J connectivity index is 1.45. The largest absolute Gasteiger partial charge is 0.489 e. The minimum Gasteiger partial charge on any atom is -0.489 e. The molecule has 0 bridgehead atoms. The molecular formula is C33H44O3. The van der Waals surface area contributed by atoms with Gasteiger partial charge in [-0.2, -0.15) is 0 Å². The van der Waals surface area contributed by atoms with E-state index in [1.165, 1.54) is 99.2 Å². The summed E-state index contributed by atoms with van der Waals surface area (Å²) < 4.78 is 11.1. The quantitative estimate of drug-likeness (QED) is 0.331. The molecular weight excluding hydrogens is 444 g/mol. The molecule has 2 aliphatic carbocycles. The smallest absolute Gasteiger partial charge is 0.305 e. The first kappa shape index (κ1) is 26.5. The summed E-state index contributed by atoms with van der Waals surface area (Å²) in [7, 11) is 1.45. The van der Waals surface area contributed by atoms with Gasteiger partial charge in [0.25, 0.3) is 0 Å². The second kappa shape index (κ2) is 14.3. The Morgan fingerprint density at radius 3 is 2.08 bits per heavy atom. The molecule has 3 heteroatoms. The van der Waals surface area contributed by atoms with E-state index in [9.17, 15) is 4.79 Å². The lowest BCUT2D eigenvalue weighted by atomic mass is 9.90. The van der Waals surface area contributed by atoms with Crippen molar-refractivity contribution < 1.29 is 14.3 Å². The number of ether oxygens (including phenoxy) is 2. The van der Waals surface area contributed by atoms with E-state index in [1.807, 2.05) is 0 Å². The van der Waals surface area contributed by atoms with Crippen molar-refractivity contribution in [3.05, 3.63) is 70.8 Å². The molecule has 0 aromatic heterocycles. The van der Waals surface area contributed by atoms with Crippen LogP contribution in [0.1, 0.15) is 112 Å². The summed E-state index contributed by atoms with van der Waals surface area (Å²) in [5.41, 5.74) is 7.15. The van der Waals surface area contributed by atoms with Crippen LogP contribution in [0.5, 0.6) is 5.75 Å². The maximum atomic E-state index is 11.3. The minimum absolute atomic E-state index is 0.141. The Hall–Kier alpha value is -2.55. The van der Waals surface area contributed by atoms with Crippen molar-refractivity contribution in [2.75, 3.05) is 13.7 Å². The lowest BCUT2D eigenvalue weighted by molar-refractivity contribution is -0.140. The van der Waals surface area contributed by atoms with E-state index in [4.69, 9.17) is 9.47 Å². The molecule has 4 rings (SSSR count). The summed E-state index contributed by atoms with van der Waals surface area (Å²) in [4.78, 5) is 11.3. The topological polar surface area (TPSA) is 35.5 Å². The van der Waals surface area contributed by atoms with Crippen LogP contribution in [0.3, 0.4) is 0 Å². The van der Waals surface area contributed by atoms with E-state index < -0.39 is 0 Å². The Labute approximate surface area is 218 Å². The average Bonchev–Trinajstić information content (AvgIpc) is 3.75. The van der Waals surface area contributed by atoms with Crippen LogP contribution in [0.15, 0.2) is 54.1 Å².